The molecule has 1 atom stereocenters. The number of nitrogens with zero attached hydrogens (tertiary/aromatic N) is 3. The van der Waals surface area contributed by atoms with Crippen molar-refractivity contribution in [2.45, 2.75) is 44.9 Å². The van der Waals surface area contributed by atoms with Gasteiger partial charge in [0.25, 0.3) is 22.9 Å². The van der Waals surface area contributed by atoms with E-state index in [1.165, 1.54) is 33.8 Å². The Morgan fingerprint density at radius 1 is 0.767 bits per heavy atom. The Morgan fingerprint density at radius 3 is 1.78 bits per heavy atom. The van der Waals surface area contributed by atoms with Gasteiger partial charge >= 0.3 is 5.97 Å². The van der Waals surface area contributed by atoms with E-state index < -0.39 is 96.5 Å². The normalized spacial score (nSPS) is 12.3. The Bertz CT molecular complexity index is 2790. The lowest BCUT2D eigenvalue weighted by molar-refractivity contribution is -0.139. The van der Waals surface area contributed by atoms with Crippen LogP contribution in [0.5, 0.6) is 0 Å². The molecule has 312 valence electrons. The molecule has 1 unspecified atom stereocenters. The number of hydrogen-bond acceptors (Lipinski definition) is 13. The second-order valence-electron chi connectivity index (χ2n) is 14.2. The minimum Gasteiger partial charge on any atom is -0.479 e. The number of H-pyrrole nitrogens is 1. The third-order valence-corrected chi connectivity index (χ3v) is 11.1. The number of hydrogen-bond donors (Lipinski definition) is 8. The topological polar surface area (TPSA) is 269 Å². The number of nitrogens with one attached hydrogen (secondary N) is 3. The fourth-order valence-corrected chi connectivity index (χ4v) is 8.40. The highest BCUT2D eigenvalue weighted by atomic mass is 32.1. The van der Waals surface area contributed by atoms with Crippen LogP contribution < -0.4 is 33.2 Å². The number of rotatable bonds is 13. The Kier molecular flexibility index (Phi) is 11.3. The number of primary amides is 2. The smallest absolute Gasteiger partial charge is 0.333 e. The summed E-state index contributed by atoms with van der Waals surface area (Å²) in [5, 5.41) is 46.4. The second-order valence-corrected chi connectivity index (χ2v) is 16.3. The van der Waals surface area contributed by atoms with E-state index in [9.17, 15) is 39.3 Å². The molecule has 16 nitrogen and oxygen atoms in total. The lowest BCUT2D eigenvalue weighted by atomic mass is 9.93. The van der Waals surface area contributed by atoms with Crippen LogP contribution in [0.2, 0.25) is 0 Å². The molecule has 22 heteroatoms. The number of carbonyl (C=O) groups excluding carboxylic acids is 2. The highest BCUT2D eigenvalue weighted by Gasteiger charge is 2.38. The SMILES string of the molecule is CC(C)(O)c1cc(F)c(-c2cc(C(N)=O)c(Nc3ccc(=O)n(C(C(=O)O)c4c(-c5c(F)cc(C(C)(C)O)cc5F)sc(Nc5ccc(=O)[nH]n5)c4C(N)=O)n3)s2)c(F)c1. The largest absolute Gasteiger partial charge is 0.479 e. The van der Waals surface area contributed by atoms with Gasteiger partial charge in [-0.05, 0) is 81.3 Å². The van der Waals surface area contributed by atoms with Gasteiger partial charge in [0.05, 0.1) is 33.5 Å². The molecule has 0 aliphatic heterocycles. The molecule has 4 heterocycles. The van der Waals surface area contributed by atoms with E-state index in [0.29, 0.717) is 27.4 Å². The second kappa shape index (κ2) is 15.8. The van der Waals surface area contributed by atoms with E-state index in [1.54, 1.807) is 0 Å². The molecule has 6 aromatic rings. The number of amides is 2. The van der Waals surface area contributed by atoms with Gasteiger partial charge in [-0.15, -0.1) is 22.7 Å². The van der Waals surface area contributed by atoms with Gasteiger partial charge in [-0.1, -0.05) is 0 Å². The number of carbonyl (C=O) groups is 3. The van der Waals surface area contributed by atoms with E-state index >= 15 is 17.6 Å². The molecule has 0 aliphatic carbocycles. The number of aliphatic carboxylic acids is 1. The summed E-state index contributed by atoms with van der Waals surface area (Å²) >= 11 is 1.06. The number of aromatic amines is 1. The Morgan fingerprint density at radius 2 is 1.30 bits per heavy atom. The van der Waals surface area contributed by atoms with Crippen molar-refractivity contribution < 1.29 is 47.3 Å². The number of benzene rings is 2. The highest BCUT2D eigenvalue weighted by molar-refractivity contribution is 7.20. The quantitative estimate of drug-likeness (QED) is 0.0701. The number of halogens is 4. The summed E-state index contributed by atoms with van der Waals surface area (Å²) < 4.78 is 63.1. The first kappa shape index (κ1) is 42.8. The maximum atomic E-state index is 16.1. The molecule has 0 saturated heterocycles. The molecule has 0 bridgehead atoms. The van der Waals surface area contributed by atoms with Crippen LogP contribution in [0.1, 0.15) is 71.1 Å². The van der Waals surface area contributed by atoms with Gasteiger partial charge in [0.15, 0.2) is 17.7 Å². The van der Waals surface area contributed by atoms with E-state index in [4.69, 9.17) is 11.5 Å². The van der Waals surface area contributed by atoms with Gasteiger partial charge < -0.3 is 37.4 Å². The first-order valence-electron chi connectivity index (χ1n) is 17.2. The zero-order chi connectivity index (χ0) is 44.2. The van der Waals surface area contributed by atoms with Crippen LogP contribution in [-0.4, -0.2) is 53.1 Å². The number of aliphatic hydroxyl groups is 2. The summed E-state index contributed by atoms with van der Waals surface area (Å²) in [5.74, 6) is -9.59. The molecule has 0 radical (unpaired) electrons. The molecule has 10 N–H and O–H groups in total. The molecule has 2 aromatic carbocycles. The van der Waals surface area contributed by atoms with Crippen LogP contribution in [0.4, 0.5) is 39.2 Å². The summed E-state index contributed by atoms with van der Waals surface area (Å²) in [7, 11) is 0. The summed E-state index contributed by atoms with van der Waals surface area (Å²) in [5.41, 5.74) is 2.83. The van der Waals surface area contributed by atoms with E-state index in [0.717, 1.165) is 48.5 Å². The van der Waals surface area contributed by atoms with Gasteiger partial charge in [-0.3, -0.25) is 19.2 Å². The number of thiophene rings is 2. The zero-order valence-electron chi connectivity index (χ0n) is 31.5. The van der Waals surface area contributed by atoms with Crippen LogP contribution in [0.25, 0.3) is 20.9 Å². The van der Waals surface area contributed by atoms with E-state index in [1.807, 2.05) is 0 Å². The summed E-state index contributed by atoms with van der Waals surface area (Å²) in [4.78, 5) is 63.5. The Hall–Kier alpha value is -6.75. The zero-order valence-corrected chi connectivity index (χ0v) is 33.1. The molecule has 60 heavy (non-hydrogen) atoms. The fourth-order valence-electron chi connectivity index (χ4n) is 5.99. The minimum atomic E-state index is -2.38. The Labute approximate surface area is 342 Å². The molecule has 0 saturated carbocycles. The maximum Gasteiger partial charge on any atom is 0.333 e. The number of nitrogens with two attached hydrogens (primary N) is 2. The molecule has 0 aliphatic rings. The van der Waals surface area contributed by atoms with Gasteiger partial charge in [-0.2, -0.15) is 10.2 Å². The first-order chi connectivity index (χ1) is 28.0. The average molecular weight is 869 g/mol. The summed E-state index contributed by atoms with van der Waals surface area (Å²) in [6.45, 7) is 5.17. The molecular formula is C38H32F4N8O8S2. The van der Waals surface area contributed by atoms with Crippen molar-refractivity contribution in [1.82, 2.24) is 20.0 Å². The van der Waals surface area contributed by atoms with Gasteiger partial charge in [0.1, 0.15) is 33.3 Å². The molecule has 4 aromatic heterocycles. The number of anilines is 4. The third-order valence-electron chi connectivity index (χ3n) is 8.90. The minimum absolute atomic E-state index is 0.0773. The van der Waals surface area contributed by atoms with Crippen molar-refractivity contribution in [2.24, 2.45) is 11.5 Å². The van der Waals surface area contributed by atoms with Crippen molar-refractivity contribution in [3.05, 3.63) is 126 Å². The van der Waals surface area contributed by atoms with Crippen LogP contribution in [0.15, 0.2) is 64.2 Å². The van der Waals surface area contributed by atoms with Crippen LogP contribution in [0, 0.1) is 23.3 Å². The van der Waals surface area contributed by atoms with Crippen molar-refractivity contribution in [3.63, 3.8) is 0 Å². The lowest BCUT2D eigenvalue weighted by Gasteiger charge is -2.20. The standard InChI is InChI=1S/C38H32F4N8O8S2/c1-37(2,57)14-9-17(39)26(18(40)10-14)21-13-16(32(43)53)34(59-21)46-23-6-8-25(52)50(49-23)30(36(55)56)28-29(33(44)54)35(45-22-5-7-24(51)48-47-22)60-31(28)27-19(41)11-15(12-20(27)42)38(3,4)58/h5-13,30,57-58H,1-4H3,(H2,43,53)(H2,44,54)(H,45,47)(H,46,49)(H,48,51)(H,55,56). The molecule has 2 amide bonds. The molecule has 0 spiro atoms. The van der Waals surface area contributed by atoms with E-state index in [2.05, 4.69) is 25.9 Å². The average Bonchev–Trinajstić information content (AvgIpc) is 3.70. The summed E-state index contributed by atoms with van der Waals surface area (Å²) in [6, 6.07) is 6.19. The molecular weight excluding hydrogens is 837 g/mol. The Balaban J connectivity index is 1.54. The number of carboxylic acids is 1. The number of carboxylic acid groups (broad SMARTS) is 1. The van der Waals surface area contributed by atoms with Crippen LogP contribution >= 0.6 is 22.7 Å². The van der Waals surface area contributed by atoms with E-state index in [-0.39, 0.29) is 43.2 Å². The monoisotopic (exact) mass is 868 g/mol. The molecule has 6 rings (SSSR count). The first-order valence-corrected chi connectivity index (χ1v) is 18.9. The van der Waals surface area contributed by atoms with Crippen LogP contribution in [0.3, 0.4) is 0 Å². The van der Waals surface area contributed by atoms with Gasteiger partial charge in [-0.25, -0.2) is 32.1 Å². The van der Waals surface area contributed by atoms with Crippen molar-refractivity contribution in [1.29, 1.82) is 0 Å². The van der Waals surface area contributed by atoms with Crippen LogP contribution in [-0.2, 0) is 16.0 Å². The van der Waals surface area contributed by atoms with Gasteiger partial charge in [0, 0.05) is 27.5 Å². The fraction of sp³-hybridized carbons (Fsp3) is 0.184. The van der Waals surface area contributed by atoms with Crippen molar-refractivity contribution >= 4 is 62.1 Å². The molecule has 0 fully saturated rings. The third kappa shape index (κ3) is 8.38. The maximum absolute atomic E-state index is 16.1. The van der Waals surface area contributed by atoms with Crippen molar-refractivity contribution in [3.8, 4) is 20.9 Å². The van der Waals surface area contributed by atoms with Gasteiger partial charge in [0.2, 0.25) is 0 Å². The summed E-state index contributed by atoms with van der Waals surface area (Å²) in [6.07, 6.45) is 0. The number of aromatic nitrogens is 4. The predicted molar refractivity (Wildman–Crippen MR) is 213 cm³/mol. The lowest BCUT2D eigenvalue weighted by Crippen LogP contribution is -2.34. The van der Waals surface area contributed by atoms with Crippen molar-refractivity contribution in [2.75, 3.05) is 10.6 Å². The highest BCUT2D eigenvalue weighted by Crippen LogP contribution is 2.47. The predicted octanol–water partition coefficient (Wildman–Crippen LogP) is 5.15.